The van der Waals surface area contributed by atoms with Gasteiger partial charge in [0.15, 0.2) is 0 Å². The molecule has 1 aromatic carbocycles. The summed E-state index contributed by atoms with van der Waals surface area (Å²) in [5, 5.41) is -0.226. The van der Waals surface area contributed by atoms with Gasteiger partial charge in [-0.15, -0.1) is 0 Å². The molecule has 1 aromatic heterocycles. The number of fused-ring (bicyclic) bond motifs is 1. The average molecular weight is 331 g/mol. The molecule has 0 radical (unpaired) electrons. The van der Waals surface area contributed by atoms with Gasteiger partial charge >= 0.3 is 5.69 Å². The number of aryl methyl sites for hydroxylation is 2. The van der Waals surface area contributed by atoms with E-state index in [9.17, 15) is 14.4 Å². The first-order valence-corrected chi connectivity index (χ1v) is 8.16. The number of amides is 2. The van der Waals surface area contributed by atoms with Gasteiger partial charge < -0.3 is 0 Å². The summed E-state index contributed by atoms with van der Waals surface area (Å²) in [5.41, 5.74) is 2.31. The Morgan fingerprint density at radius 3 is 2.48 bits per heavy atom. The molecule has 23 heavy (non-hydrogen) atoms. The Hall–Kier alpha value is -2.28. The lowest BCUT2D eigenvalue weighted by Crippen LogP contribution is -2.28. The molecule has 0 N–H and O–H groups in total. The van der Waals surface area contributed by atoms with Gasteiger partial charge in [0.05, 0.1) is 15.9 Å². The topological polar surface area (TPSA) is 64.3 Å². The number of thioether (sulfide) groups is 1. The lowest BCUT2D eigenvalue weighted by Gasteiger charge is -2.09. The summed E-state index contributed by atoms with van der Waals surface area (Å²) in [6.07, 6.45) is 2.45. The lowest BCUT2D eigenvalue weighted by atomic mass is 10.2. The van der Waals surface area contributed by atoms with Crippen molar-refractivity contribution in [3.63, 3.8) is 0 Å². The molecular weight excluding hydrogens is 314 g/mol. The molecule has 0 saturated carbocycles. The minimum absolute atomic E-state index is 0.0968. The Morgan fingerprint density at radius 2 is 1.78 bits per heavy atom. The third-order valence-electron chi connectivity index (χ3n) is 3.91. The van der Waals surface area contributed by atoms with E-state index in [1.807, 2.05) is 25.1 Å². The summed E-state index contributed by atoms with van der Waals surface area (Å²) in [4.78, 5) is 37.8. The van der Waals surface area contributed by atoms with E-state index in [0.29, 0.717) is 11.4 Å². The largest absolute Gasteiger partial charge is 0.328 e. The van der Waals surface area contributed by atoms with Gasteiger partial charge in [-0.2, -0.15) is 0 Å². The second-order valence-corrected chi connectivity index (χ2v) is 6.48. The van der Waals surface area contributed by atoms with E-state index in [-0.39, 0.29) is 16.8 Å². The first-order chi connectivity index (χ1) is 10.9. The van der Waals surface area contributed by atoms with E-state index in [1.54, 1.807) is 29.3 Å². The van der Waals surface area contributed by atoms with Gasteiger partial charge in [-0.05, 0) is 42.0 Å². The molecule has 3 rings (SSSR count). The molecule has 6 nitrogen and oxygen atoms in total. The van der Waals surface area contributed by atoms with Gasteiger partial charge in [0, 0.05) is 20.6 Å². The quantitative estimate of drug-likeness (QED) is 0.810. The summed E-state index contributed by atoms with van der Waals surface area (Å²) in [6.45, 7) is 2.37. The maximum Gasteiger partial charge on any atom is 0.328 e. The summed E-state index contributed by atoms with van der Waals surface area (Å²) < 4.78 is 3.14. The highest BCUT2D eigenvalue weighted by Crippen LogP contribution is 2.32. The molecule has 1 aliphatic rings. The van der Waals surface area contributed by atoms with E-state index >= 15 is 0 Å². The Bertz CT molecular complexity index is 907. The van der Waals surface area contributed by atoms with Crippen LogP contribution in [0.4, 0.5) is 4.79 Å². The molecule has 1 aliphatic heterocycles. The molecule has 7 heteroatoms. The summed E-state index contributed by atoms with van der Waals surface area (Å²) in [6, 6.07) is 5.54. The minimum Gasteiger partial charge on any atom is -0.295 e. The molecule has 0 unspecified atom stereocenters. The molecular formula is C16H17N3O3S. The average Bonchev–Trinajstić information content (AvgIpc) is 2.91. The number of hydrogen-bond donors (Lipinski definition) is 0. The maximum absolute atomic E-state index is 12.3. The van der Waals surface area contributed by atoms with Crippen LogP contribution >= 0.6 is 11.8 Å². The van der Waals surface area contributed by atoms with Crippen LogP contribution in [0.5, 0.6) is 0 Å². The predicted molar refractivity (Wildman–Crippen MR) is 91.1 cm³/mol. The molecule has 2 heterocycles. The molecule has 2 aromatic rings. The van der Waals surface area contributed by atoms with Crippen LogP contribution in [0.15, 0.2) is 27.9 Å². The summed E-state index contributed by atoms with van der Waals surface area (Å²) >= 11 is 0.959. The summed E-state index contributed by atoms with van der Waals surface area (Å²) in [5.74, 6) is -0.246. The molecule has 0 atom stereocenters. The van der Waals surface area contributed by atoms with Crippen LogP contribution in [0.3, 0.4) is 0 Å². The lowest BCUT2D eigenvalue weighted by molar-refractivity contribution is -0.122. The highest BCUT2D eigenvalue weighted by molar-refractivity contribution is 8.18. The van der Waals surface area contributed by atoms with Crippen molar-refractivity contribution >= 4 is 40.0 Å². The second-order valence-electron chi connectivity index (χ2n) is 5.48. The normalized spacial score (nSPS) is 17.0. The zero-order chi connectivity index (χ0) is 16.7. The fourth-order valence-corrected chi connectivity index (χ4v) is 3.55. The van der Waals surface area contributed by atoms with Crippen molar-refractivity contribution in [1.82, 2.24) is 14.0 Å². The molecule has 1 fully saturated rings. The second kappa shape index (κ2) is 5.73. The number of hydrogen-bond acceptors (Lipinski definition) is 4. The smallest absolute Gasteiger partial charge is 0.295 e. The van der Waals surface area contributed by atoms with Crippen molar-refractivity contribution in [3.05, 3.63) is 39.2 Å². The van der Waals surface area contributed by atoms with Crippen molar-refractivity contribution in [2.45, 2.75) is 13.3 Å². The van der Waals surface area contributed by atoms with E-state index in [1.165, 1.54) is 4.90 Å². The Kier molecular flexibility index (Phi) is 3.89. The van der Waals surface area contributed by atoms with Crippen LogP contribution in [0.1, 0.15) is 18.9 Å². The molecule has 1 saturated heterocycles. The third kappa shape index (κ3) is 2.50. The maximum atomic E-state index is 12.3. The van der Waals surface area contributed by atoms with Gasteiger partial charge in [-0.25, -0.2) is 4.79 Å². The van der Waals surface area contributed by atoms with Gasteiger partial charge in [0.25, 0.3) is 11.1 Å². The molecule has 0 aliphatic carbocycles. The van der Waals surface area contributed by atoms with Gasteiger partial charge in [-0.3, -0.25) is 23.6 Å². The van der Waals surface area contributed by atoms with Crippen LogP contribution in [0, 0.1) is 0 Å². The number of rotatable bonds is 3. The Labute approximate surface area is 137 Å². The number of carbonyl (C=O) groups excluding carboxylic acids is 2. The fraction of sp³-hybridized carbons (Fsp3) is 0.312. The highest BCUT2D eigenvalue weighted by atomic mass is 32.2. The molecule has 0 spiro atoms. The van der Waals surface area contributed by atoms with Gasteiger partial charge in [-0.1, -0.05) is 13.0 Å². The number of carbonyl (C=O) groups is 2. The number of nitrogens with zero attached hydrogens (tertiary/aromatic N) is 3. The standard InChI is InChI=1S/C16H17N3O3S/c1-4-7-19-14(20)13(23-16(19)22)9-10-5-6-11-12(8-10)18(3)15(21)17(11)2/h5-6,8-9H,4,7H2,1-3H3. The van der Waals surface area contributed by atoms with Crippen LogP contribution < -0.4 is 5.69 Å². The predicted octanol–water partition coefficient (Wildman–Crippen LogP) is 2.32. The summed E-state index contributed by atoms with van der Waals surface area (Å²) in [7, 11) is 3.43. The SMILES string of the molecule is CCCN1C(=O)SC(=Cc2ccc3c(c2)n(C)c(=O)n3C)C1=O. The Morgan fingerprint density at radius 1 is 1.09 bits per heavy atom. The zero-order valence-corrected chi connectivity index (χ0v) is 14.0. The molecule has 0 bridgehead atoms. The van der Waals surface area contributed by atoms with Crippen molar-refractivity contribution in [2.75, 3.05) is 6.54 Å². The molecule has 120 valence electrons. The number of aromatic nitrogens is 2. The highest BCUT2D eigenvalue weighted by Gasteiger charge is 2.34. The Balaban J connectivity index is 2.02. The monoisotopic (exact) mass is 331 g/mol. The van der Waals surface area contributed by atoms with Crippen molar-refractivity contribution in [3.8, 4) is 0 Å². The van der Waals surface area contributed by atoms with E-state index in [4.69, 9.17) is 0 Å². The van der Waals surface area contributed by atoms with E-state index < -0.39 is 0 Å². The number of benzene rings is 1. The minimum atomic E-state index is -0.246. The first-order valence-electron chi connectivity index (χ1n) is 7.35. The van der Waals surface area contributed by atoms with Gasteiger partial charge in [0.2, 0.25) is 0 Å². The van der Waals surface area contributed by atoms with E-state index in [0.717, 1.165) is 34.8 Å². The number of imidazole rings is 1. The van der Waals surface area contributed by atoms with Crippen molar-refractivity contribution < 1.29 is 9.59 Å². The number of imide groups is 1. The van der Waals surface area contributed by atoms with Gasteiger partial charge in [0.1, 0.15) is 0 Å². The molecule has 2 amide bonds. The zero-order valence-electron chi connectivity index (χ0n) is 13.2. The third-order valence-corrected chi connectivity index (χ3v) is 4.82. The van der Waals surface area contributed by atoms with E-state index in [2.05, 4.69) is 0 Å². The van der Waals surface area contributed by atoms with Crippen LogP contribution in [-0.2, 0) is 18.9 Å². The first kappa shape index (κ1) is 15.6. The van der Waals surface area contributed by atoms with Crippen molar-refractivity contribution in [2.24, 2.45) is 14.1 Å². The van der Waals surface area contributed by atoms with Crippen molar-refractivity contribution in [1.29, 1.82) is 0 Å². The fourth-order valence-electron chi connectivity index (χ4n) is 2.68. The van der Waals surface area contributed by atoms with Crippen LogP contribution in [-0.4, -0.2) is 31.7 Å². The van der Waals surface area contributed by atoms with Crippen LogP contribution in [0.25, 0.3) is 17.1 Å². The van der Waals surface area contributed by atoms with Crippen LogP contribution in [0.2, 0.25) is 0 Å².